The van der Waals surface area contributed by atoms with E-state index in [4.69, 9.17) is 14.2 Å². The maximum Gasteiger partial charge on any atom is 0.161 e. The molecule has 0 radical (unpaired) electrons. The number of Topliss-reactive ketones (excluding diaryl/α,β-unsaturated/α-hetero) is 1. The average molecular weight is 346 g/mol. The molecule has 1 aliphatic heterocycles. The number of hydrogen-bond acceptors (Lipinski definition) is 4. The highest BCUT2D eigenvalue weighted by Crippen LogP contribution is 2.48. The number of methoxy groups -OCH3 is 1. The highest BCUT2D eigenvalue weighted by molar-refractivity contribution is 5.81. The molecule has 2 aliphatic rings. The third-order valence-electron chi connectivity index (χ3n) is 5.95. The maximum absolute atomic E-state index is 12.5. The van der Waals surface area contributed by atoms with E-state index in [1.807, 2.05) is 6.07 Å². The summed E-state index contributed by atoms with van der Waals surface area (Å²) in [6.07, 6.45) is 7.72. The van der Waals surface area contributed by atoms with Crippen LogP contribution in [0, 0.1) is 5.92 Å². The van der Waals surface area contributed by atoms with E-state index in [9.17, 15) is 4.79 Å². The van der Waals surface area contributed by atoms with E-state index in [1.165, 1.54) is 37.7 Å². The van der Waals surface area contributed by atoms with Gasteiger partial charge in [0, 0.05) is 18.9 Å². The van der Waals surface area contributed by atoms with Crippen LogP contribution in [0.3, 0.4) is 0 Å². The van der Waals surface area contributed by atoms with Crippen LogP contribution in [0.15, 0.2) is 18.2 Å². The molecule has 0 saturated heterocycles. The molecular formula is C21H30O4. The fourth-order valence-corrected chi connectivity index (χ4v) is 4.67. The molecule has 1 atom stereocenters. The summed E-state index contributed by atoms with van der Waals surface area (Å²) < 4.78 is 16.6. The smallest absolute Gasteiger partial charge is 0.161 e. The highest BCUT2D eigenvalue weighted by Gasteiger charge is 2.41. The monoisotopic (exact) mass is 346 g/mol. The summed E-state index contributed by atoms with van der Waals surface area (Å²) >= 11 is 0. The zero-order chi connectivity index (χ0) is 17.7. The Balaban J connectivity index is 1.97. The summed E-state index contributed by atoms with van der Waals surface area (Å²) in [7, 11) is 1.59. The summed E-state index contributed by atoms with van der Waals surface area (Å²) in [4.78, 5) is 12.5. The van der Waals surface area contributed by atoms with Crippen molar-refractivity contribution in [2.24, 2.45) is 5.92 Å². The zero-order valence-electron chi connectivity index (χ0n) is 15.5. The number of fused-ring (bicyclic) bond motifs is 1. The van der Waals surface area contributed by atoms with Crippen LogP contribution in [0.4, 0.5) is 0 Å². The van der Waals surface area contributed by atoms with Crippen molar-refractivity contribution in [3.63, 3.8) is 0 Å². The second-order valence-electron chi connectivity index (χ2n) is 7.35. The van der Waals surface area contributed by atoms with Crippen LogP contribution >= 0.6 is 0 Å². The van der Waals surface area contributed by atoms with Crippen molar-refractivity contribution >= 4 is 5.78 Å². The molecule has 4 nitrogen and oxygen atoms in total. The summed E-state index contributed by atoms with van der Waals surface area (Å²) in [6.45, 7) is 3.59. The molecule has 1 unspecified atom stereocenters. The minimum atomic E-state index is -0.133. The van der Waals surface area contributed by atoms with Crippen molar-refractivity contribution in [1.82, 2.24) is 0 Å². The Morgan fingerprint density at radius 1 is 1.16 bits per heavy atom. The number of carbonyl (C=O) groups excluding carboxylic acids is 1. The third-order valence-corrected chi connectivity index (χ3v) is 5.95. The van der Waals surface area contributed by atoms with Gasteiger partial charge in [-0.1, -0.05) is 32.3 Å². The quantitative estimate of drug-likeness (QED) is 0.739. The van der Waals surface area contributed by atoms with Crippen LogP contribution in [-0.2, 0) is 14.9 Å². The Labute approximate surface area is 150 Å². The average Bonchev–Trinajstić information content (AvgIpc) is 2.66. The highest BCUT2D eigenvalue weighted by atomic mass is 16.6. The van der Waals surface area contributed by atoms with E-state index < -0.39 is 0 Å². The summed E-state index contributed by atoms with van der Waals surface area (Å²) in [6, 6.07) is 6.27. The summed E-state index contributed by atoms with van der Waals surface area (Å²) in [5.74, 6) is 2.35. The minimum Gasteiger partial charge on any atom is -0.486 e. The first-order valence-electron chi connectivity index (χ1n) is 9.60. The maximum atomic E-state index is 12.5. The molecule has 1 fully saturated rings. The van der Waals surface area contributed by atoms with E-state index in [-0.39, 0.29) is 17.8 Å². The van der Waals surface area contributed by atoms with Crippen molar-refractivity contribution in [2.75, 3.05) is 26.9 Å². The Morgan fingerprint density at radius 3 is 2.56 bits per heavy atom. The van der Waals surface area contributed by atoms with Crippen LogP contribution in [0.25, 0.3) is 0 Å². The van der Waals surface area contributed by atoms with Crippen molar-refractivity contribution < 1.29 is 19.0 Å². The lowest BCUT2D eigenvalue weighted by Gasteiger charge is -2.43. The number of carbonyl (C=O) groups is 1. The Morgan fingerprint density at radius 2 is 1.88 bits per heavy atom. The first kappa shape index (κ1) is 18.2. The summed E-state index contributed by atoms with van der Waals surface area (Å²) in [5, 5.41) is 0. The molecule has 1 aromatic carbocycles. The van der Waals surface area contributed by atoms with Gasteiger partial charge in [0.1, 0.15) is 19.8 Å². The van der Waals surface area contributed by atoms with Gasteiger partial charge in [0.05, 0.1) is 0 Å². The van der Waals surface area contributed by atoms with Crippen molar-refractivity contribution in [2.45, 2.75) is 57.3 Å². The summed E-state index contributed by atoms with van der Waals surface area (Å²) in [5.41, 5.74) is 1.09. The molecule has 4 heteroatoms. The van der Waals surface area contributed by atoms with Gasteiger partial charge >= 0.3 is 0 Å². The SMILES string of the molecule is CCC(CC(=O)COC)(c1ccc2c(c1)OCCO2)C1CCCCC1. The number of benzene rings is 1. The molecule has 138 valence electrons. The first-order chi connectivity index (χ1) is 12.2. The molecule has 0 amide bonds. The fraction of sp³-hybridized carbons (Fsp3) is 0.667. The fourth-order valence-electron chi connectivity index (χ4n) is 4.67. The molecule has 0 N–H and O–H groups in total. The van der Waals surface area contributed by atoms with Crippen LogP contribution in [0.2, 0.25) is 0 Å². The lowest BCUT2D eigenvalue weighted by atomic mass is 9.61. The third kappa shape index (κ3) is 3.84. The minimum absolute atomic E-state index is 0.133. The number of ether oxygens (including phenoxy) is 3. The van der Waals surface area contributed by atoms with E-state index in [0.29, 0.717) is 25.6 Å². The van der Waals surface area contributed by atoms with Crippen LogP contribution in [0.5, 0.6) is 11.5 Å². The van der Waals surface area contributed by atoms with Gasteiger partial charge in [-0.2, -0.15) is 0 Å². The molecule has 3 rings (SSSR count). The van der Waals surface area contributed by atoms with Gasteiger partial charge in [-0.25, -0.2) is 0 Å². The topological polar surface area (TPSA) is 44.8 Å². The molecule has 0 bridgehead atoms. The van der Waals surface area contributed by atoms with Gasteiger partial charge in [0.15, 0.2) is 17.3 Å². The molecule has 1 aromatic rings. The lowest BCUT2D eigenvalue weighted by Crippen LogP contribution is -2.39. The van der Waals surface area contributed by atoms with E-state index in [2.05, 4.69) is 19.1 Å². The lowest BCUT2D eigenvalue weighted by molar-refractivity contribution is -0.124. The predicted molar refractivity (Wildman–Crippen MR) is 97.5 cm³/mol. The van der Waals surface area contributed by atoms with E-state index in [0.717, 1.165) is 17.9 Å². The second-order valence-corrected chi connectivity index (χ2v) is 7.35. The van der Waals surface area contributed by atoms with Crippen molar-refractivity contribution in [3.8, 4) is 11.5 Å². The Hall–Kier alpha value is -1.55. The normalized spacial score (nSPS) is 20.1. The number of rotatable bonds is 7. The standard InChI is InChI=1S/C21H30O4/c1-3-21(14-18(22)15-23-2,16-7-5-4-6-8-16)17-9-10-19-20(13-17)25-12-11-24-19/h9-10,13,16H,3-8,11-12,14-15H2,1-2H3. The molecule has 1 saturated carbocycles. The number of hydrogen-bond donors (Lipinski definition) is 0. The molecule has 0 aromatic heterocycles. The van der Waals surface area contributed by atoms with E-state index >= 15 is 0 Å². The zero-order valence-corrected chi connectivity index (χ0v) is 15.5. The van der Waals surface area contributed by atoms with Crippen LogP contribution < -0.4 is 9.47 Å². The van der Waals surface area contributed by atoms with Crippen molar-refractivity contribution in [1.29, 1.82) is 0 Å². The Kier molecular flexibility index (Phi) is 6.00. The van der Waals surface area contributed by atoms with Gasteiger partial charge in [-0.3, -0.25) is 4.79 Å². The molecular weight excluding hydrogens is 316 g/mol. The molecule has 0 spiro atoms. The number of ketones is 1. The van der Waals surface area contributed by atoms with Crippen LogP contribution in [0.1, 0.15) is 57.4 Å². The predicted octanol–water partition coefficient (Wildman–Crippen LogP) is 4.29. The molecule has 1 aliphatic carbocycles. The molecule has 1 heterocycles. The van der Waals surface area contributed by atoms with Gasteiger partial charge in [0.25, 0.3) is 0 Å². The van der Waals surface area contributed by atoms with Gasteiger partial charge in [-0.05, 0) is 42.9 Å². The van der Waals surface area contributed by atoms with Gasteiger partial charge in [0.2, 0.25) is 0 Å². The van der Waals surface area contributed by atoms with E-state index in [1.54, 1.807) is 7.11 Å². The molecule has 25 heavy (non-hydrogen) atoms. The van der Waals surface area contributed by atoms with Gasteiger partial charge in [-0.15, -0.1) is 0 Å². The Bertz CT molecular complexity index is 592. The van der Waals surface area contributed by atoms with Gasteiger partial charge < -0.3 is 14.2 Å². The first-order valence-corrected chi connectivity index (χ1v) is 9.60. The van der Waals surface area contributed by atoms with Crippen LogP contribution in [-0.4, -0.2) is 32.7 Å². The van der Waals surface area contributed by atoms with Crippen molar-refractivity contribution in [3.05, 3.63) is 23.8 Å². The second kappa shape index (κ2) is 8.22. The largest absolute Gasteiger partial charge is 0.486 e.